The Labute approximate surface area is 252 Å². The van der Waals surface area contributed by atoms with E-state index in [9.17, 15) is 14.4 Å². The third kappa shape index (κ3) is 5.45. The minimum absolute atomic E-state index is 0.00402. The van der Waals surface area contributed by atoms with Crippen molar-refractivity contribution in [2.75, 3.05) is 25.0 Å². The van der Waals surface area contributed by atoms with Crippen LogP contribution in [0.3, 0.4) is 0 Å². The fourth-order valence-corrected chi connectivity index (χ4v) is 6.17. The average molecular weight is 604 g/mol. The van der Waals surface area contributed by atoms with E-state index in [4.69, 9.17) is 27.9 Å². The van der Waals surface area contributed by atoms with Gasteiger partial charge in [-0.25, -0.2) is 4.79 Å². The average Bonchev–Trinajstić information content (AvgIpc) is 3.58. The molecular weight excluding hydrogens is 577 g/mol. The molecule has 0 unspecified atom stereocenters. The molecule has 1 fully saturated rings. The van der Waals surface area contributed by atoms with Crippen LogP contribution in [0.2, 0.25) is 10.0 Å². The lowest BCUT2D eigenvalue weighted by molar-refractivity contribution is 0.0828. The van der Waals surface area contributed by atoms with Crippen LogP contribution in [-0.4, -0.2) is 58.7 Å². The smallest absolute Gasteiger partial charge is 0.409 e. The van der Waals surface area contributed by atoms with Crippen molar-refractivity contribution in [1.29, 1.82) is 0 Å². The molecule has 0 spiro atoms. The molecule has 214 valence electrons. The predicted octanol–water partition coefficient (Wildman–Crippen LogP) is 6.11. The molecule has 1 aromatic heterocycles. The summed E-state index contributed by atoms with van der Waals surface area (Å²) < 4.78 is 5.79. The highest BCUT2D eigenvalue weighted by Gasteiger charge is 2.31. The molecule has 0 saturated carbocycles. The second-order valence-corrected chi connectivity index (χ2v) is 11.1. The fourth-order valence-electron chi connectivity index (χ4n) is 5.60. The van der Waals surface area contributed by atoms with Gasteiger partial charge in [-0.05, 0) is 47.2 Å². The van der Waals surface area contributed by atoms with Crippen molar-refractivity contribution in [2.24, 2.45) is 0 Å². The van der Waals surface area contributed by atoms with Crippen molar-refractivity contribution in [3.63, 3.8) is 0 Å². The van der Waals surface area contributed by atoms with E-state index in [0.29, 0.717) is 25.9 Å². The first-order valence-electron chi connectivity index (χ1n) is 13.6. The molecule has 42 heavy (non-hydrogen) atoms. The number of hydrogen-bond acceptors (Lipinski definition) is 5. The minimum atomic E-state index is -0.558. The van der Waals surface area contributed by atoms with E-state index >= 15 is 0 Å². The molecule has 0 bridgehead atoms. The molecule has 4 aromatic rings. The zero-order valence-electron chi connectivity index (χ0n) is 22.4. The Morgan fingerprint density at radius 1 is 0.881 bits per heavy atom. The fraction of sp³-hybridized carbons (Fsp3) is 0.226. The van der Waals surface area contributed by atoms with Crippen molar-refractivity contribution in [1.82, 2.24) is 20.4 Å². The molecule has 2 heterocycles. The van der Waals surface area contributed by atoms with Crippen molar-refractivity contribution in [2.45, 2.75) is 24.8 Å². The van der Waals surface area contributed by atoms with Crippen LogP contribution in [-0.2, 0) is 4.74 Å². The van der Waals surface area contributed by atoms with Gasteiger partial charge in [0.25, 0.3) is 11.8 Å². The molecule has 9 nitrogen and oxygen atoms in total. The maximum atomic E-state index is 13.0. The summed E-state index contributed by atoms with van der Waals surface area (Å²) in [5.74, 6) is -1.01. The Morgan fingerprint density at radius 3 is 2.14 bits per heavy atom. The number of ether oxygens (including phenoxy) is 1. The molecule has 3 aromatic carbocycles. The lowest BCUT2D eigenvalue weighted by Gasteiger charge is -2.32. The largest absolute Gasteiger partial charge is 0.448 e. The Morgan fingerprint density at radius 2 is 1.50 bits per heavy atom. The summed E-state index contributed by atoms with van der Waals surface area (Å²) >= 11 is 12.3. The van der Waals surface area contributed by atoms with Gasteiger partial charge in [-0.2, -0.15) is 5.10 Å². The van der Waals surface area contributed by atoms with Crippen LogP contribution in [0.4, 0.5) is 10.5 Å². The maximum Gasteiger partial charge on any atom is 0.409 e. The summed E-state index contributed by atoms with van der Waals surface area (Å²) in [6.07, 6.45) is 2.16. The molecule has 2 aliphatic rings. The van der Waals surface area contributed by atoms with Gasteiger partial charge in [-0.1, -0.05) is 77.8 Å². The second kappa shape index (κ2) is 11.9. The monoisotopic (exact) mass is 603 g/mol. The Kier molecular flexibility index (Phi) is 7.86. The first-order chi connectivity index (χ1) is 20.4. The Balaban J connectivity index is 1.02. The van der Waals surface area contributed by atoms with Gasteiger partial charge in [-0.15, -0.1) is 0 Å². The molecule has 3 N–H and O–H groups in total. The van der Waals surface area contributed by atoms with E-state index in [1.165, 1.54) is 17.3 Å². The van der Waals surface area contributed by atoms with Crippen LogP contribution in [0, 0.1) is 0 Å². The highest BCUT2D eigenvalue weighted by atomic mass is 35.5. The first kappa shape index (κ1) is 27.8. The topological polar surface area (TPSA) is 116 Å². The summed E-state index contributed by atoms with van der Waals surface area (Å²) in [5.41, 5.74) is 5.02. The number of likely N-dealkylation sites (tertiary alicyclic amines) is 1. The summed E-state index contributed by atoms with van der Waals surface area (Å²) in [6.45, 7) is 1.14. The van der Waals surface area contributed by atoms with Gasteiger partial charge in [0, 0.05) is 31.2 Å². The zero-order valence-corrected chi connectivity index (χ0v) is 23.9. The highest BCUT2D eigenvalue weighted by molar-refractivity contribution is 6.40. The number of nitrogens with one attached hydrogen (secondary N) is 3. The lowest BCUT2D eigenvalue weighted by atomic mass is 9.98. The lowest BCUT2D eigenvalue weighted by Crippen LogP contribution is -2.47. The van der Waals surface area contributed by atoms with E-state index < -0.39 is 11.8 Å². The summed E-state index contributed by atoms with van der Waals surface area (Å²) in [4.78, 5) is 40.4. The molecular formula is C31H27Cl2N5O4. The number of nitrogens with zero attached hydrogens (tertiary/aromatic N) is 2. The number of aromatic nitrogens is 2. The van der Waals surface area contributed by atoms with Crippen LogP contribution in [0.25, 0.3) is 11.1 Å². The highest BCUT2D eigenvalue weighted by Crippen LogP contribution is 2.44. The number of anilines is 1. The molecule has 1 aliphatic heterocycles. The quantitative estimate of drug-likeness (QED) is 0.246. The number of amides is 3. The van der Waals surface area contributed by atoms with Gasteiger partial charge < -0.3 is 20.3 Å². The molecule has 0 radical (unpaired) electrons. The number of rotatable bonds is 6. The van der Waals surface area contributed by atoms with Crippen LogP contribution in [0.1, 0.15) is 50.7 Å². The maximum absolute atomic E-state index is 13.0. The van der Waals surface area contributed by atoms with Gasteiger partial charge in [0.1, 0.15) is 6.61 Å². The first-order valence-corrected chi connectivity index (χ1v) is 14.4. The number of carbonyl (C=O) groups is 3. The second-order valence-electron chi connectivity index (χ2n) is 10.2. The van der Waals surface area contributed by atoms with Crippen molar-refractivity contribution < 1.29 is 19.1 Å². The SMILES string of the molecule is O=C(NC1CCN(C(=O)OCC2c3ccccc3-c3ccccc32)CC1)c1n[nH]cc1NC(=O)c1c(Cl)cccc1Cl. The third-order valence-corrected chi connectivity index (χ3v) is 8.35. The number of aromatic amines is 1. The van der Waals surface area contributed by atoms with E-state index in [1.807, 2.05) is 24.3 Å². The molecule has 0 atom stereocenters. The van der Waals surface area contributed by atoms with Crippen LogP contribution >= 0.6 is 23.2 Å². The Bertz CT molecular complexity index is 1600. The van der Waals surface area contributed by atoms with E-state index in [2.05, 4.69) is 45.1 Å². The minimum Gasteiger partial charge on any atom is -0.448 e. The molecule has 6 rings (SSSR count). The number of H-pyrrole nitrogens is 1. The number of carbonyl (C=O) groups excluding carboxylic acids is 3. The number of benzene rings is 3. The predicted molar refractivity (Wildman–Crippen MR) is 160 cm³/mol. The zero-order chi connectivity index (χ0) is 29.2. The number of fused-ring (bicyclic) bond motifs is 3. The third-order valence-electron chi connectivity index (χ3n) is 7.72. The van der Waals surface area contributed by atoms with Gasteiger partial charge in [0.2, 0.25) is 0 Å². The van der Waals surface area contributed by atoms with Gasteiger partial charge in [0.05, 0.1) is 21.3 Å². The molecule has 1 saturated heterocycles. The normalized spacial score (nSPS) is 14.7. The van der Waals surface area contributed by atoms with Crippen molar-refractivity contribution >= 4 is 46.8 Å². The number of piperidine rings is 1. The van der Waals surface area contributed by atoms with Gasteiger partial charge in [0.15, 0.2) is 5.69 Å². The van der Waals surface area contributed by atoms with Crippen molar-refractivity contribution in [3.8, 4) is 11.1 Å². The van der Waals surface area contributed by atoms with E-state index in [0.717, 1.165) is 11.1 Å². The molecule has 11 heteroatoms. The summed E-state index contributed by atoms with van der Waals surface area (Å²) in [7, 11) is 0. The van der Waals surface area contributed by atoms with Gasteiger partial charge >= 0.3 is 6.09 Å². The van der Waals surface area contributed by atoms with E-state index in [-0.39, 0.29) is 51.6 Å². The summed E-state index contributed by atoms with van der Waals surface area (Å²) in [6, 6.07) is 21.0. The number of hydrogen-bond donors (Lipinski definition) is 3. The van der Waals surface area contributed by atoms with Crippen molar-refractivity contribution in [3.05, 3.63) is 105 Å². The van der Waals surface area contributed by atoms with Crippen LogP contribution < -0.4 is 10.6 Å². The standard InChI is InChI=1S/C31H27Cl2N5O4/c32-24-10-5-11-25(33)27(24)29(39)36-26-16-34-37-28(26)30(40)35-18-12-14-38(15-13-18)31(41)42-17-23-21-8-3-1-6-19(21)20-7-2-4-9-22(20)23/h1-11,16,18,23H,12-15,17H2,(H,34,37)(H,35,40)(H,36,39). The van der Waals surface area contributed by atoms with E-state index in [1.54, 1.807) is 23.1 Å². The van der Waals surface area contributed by atoms with Crippen LogP contribution in [0.15, 0.2) is 72.9 Å². The summed E-state index contributed by atoms with van der Waals surface area (Å²) in [5, 5.41) is 12.6. The molecule has 1 aliphatic carbocycles. The number of halogens is 2. The van der Waals surface area contributed by atoms with Gasteiger partial charge in [-0.3, -0.25) is 14.7 Å². The Hall–Kier alpha value is -4.34. The van der Waals surface area contributed by atoms with Crippen LogP contribution in [0.5, 0.6) is 0 Å². The molecule has 3 amide bonds.